The number of para-hydroxylation sites is 1. The van der Waals surface area contributed by atoms with Gasteiger partial charge in [0.05, 0.1) is 49.9 Å². The number of hydrogen-bond acceptors (Lipinski definition) is 9. The first-order chi connectivity index (χ1) is 14.2. The van der Waals surface area contributed by atoms with E-state index in [0.717, 1.165) is 0 Å². The number of hydrogen-bond donors (Lipinski definition) is 0. The first-order valence-electron chi connectivity index (χ1n) is 9.07. The van der Waals surface area contributed by atoms with E-state index in [1.165, 1.54) is 18.2 Å². The number of amides is 1. The van der Waals surface area contributed by atoms with Crippen LogP contribution in [0.15, 0.2) is 43.0 Å². The number of aromatic nitrogens is 6. The molecule has 0 radical (unpaired) electrons. The molecule has 0 saturated carbocycles. The molecule has 11 heteroatoms. The Balaban J connectivity index is 1.56. The average molecular weight is 396 g/mol. The number of hydroxylamine groups is 1. The Morgan fingerprint density at radius 3 is 2.76 bits per heavy atom. The number of methoxy groups -OCH3 is 1. The summed E-state index contributed by atoms with van der Waals surface area (Å²) in [6, 6.07) is 7.30. The van der Waals surface area contributed by atoms with Gasteiger partial charge in [0.2, 0.25) is 0 Å². The first kappa shape index (κ1) is 18.7. The van der Waals surface area contributed by atoms with E-state index in [-0.39, 0.29) is 18.0 Å². The lowest BCUT2D eigenvalue weighted by Gasteiger charge is -2.26. The van der Waals surface area contributed by atoms with Gasteiger partial charge in [-0.05, 0) is 19.1 Å². The molecule has 1 aliphatic heterocycles. The van der Waals surface area contributed by atoms with Crippen molar-refractivity contribution in [1.29, 1.82) is 0 Å². The van der Waals surface area contributed by atoms with Gasteiger partial charge in [-0.3, -0.25) is 9.63 Å². The smallest absolute Gasteiger partial charge is 0.320 e. The van der Waals surface area contributed by atoms with Gasteiger partial charge in [0.25, 0.3) is 11.9 Å². The molecule has 1 saturated heterocycles. The minimum absolute atomic E-state index is 0.121. The van der Waals surface area contributed by atoms with E-state index >= 15 is 0 Å². The van der Waals surface area contributed by atoms with Crippen molar-refractivity contribution >= 4 is 11.9 Å². The summed E-state index contributed by atoms with van der Waals surface area (Å²) in [6.07, 6.45) is 4.50. The van der Waals surface area contributed by atoms with Crippen LogP contribution < -0.4 is 9.80 Å². The van der Waals surface area contributed by atoms with Crippen molar-refractivity contribution in [2.45, 2.75) is 13.0 Å². The summed E-state index contributed by atoms with van der Waals surface area (Å²) in [6.45, 7) is 3.05. The molecule has 0 aliphatic carbocycles. The molecule has 1 aromatic carbocycles. The molecular formula is C18H20N8O3. The highest BCUT2D eigenvalue weighted by molar-refractivity contribution is 5.98. The zero-order chi connectivity index (χ0) is 20.2. The predicted octanol–water partition coefficient (Wildman–Crippen LogP) is 0.743. The van der Waals surface area contributed by atoms with E-state index in [2.05, 4.69) is 25.1 Å². The van der Waals surface area contributed by atoms with Gasteiger partial charge < -0.3 is 9.64 Å². The summed E-state index contributed by atoms with van der Waals surface area (Å²) in [7, 11) is 1.48. The molecule has 0 N–H and O–H groups in total. The molecule has 1 atom stereocenters. The Bertz CT molecular complexity index is 981. The summed E-state index contributed by atoms with van der Waals surface area (Å²) in [4.78, 5) is 34.6. The van der Waals surface area contributed by atoms with Crippen LogP contribution in [0.5, 0.6) is 6.01 Å². The van der Waals surface area contributed by atoms with Gasteiger partial charge in [-0.2, -0.15) is 29.9 Å². The van der Waals surface area contributed by atoms with Gasteiger partial charge in [-0.25, -0.2) is 5.06 Å². The van der Waals surface area contributed by atoms with Crippen LogP contribution in [0.1, 0.15) is 17.3 Å². The molecule has 1 amide bonds. The van der Waals surface area contributed by atoms with E-state index in [4.69, 9.17) is 9.57 Å². The molecule has 3 heterocycles. The fourth-order valence-corrected chi connectivity index (χ4v) is 3.05. The highest BCUT2D eigenvalue weighted by Gasteiger charge is 2.29. The Labute approximate surface area is 166 Å². The zero-order valence-corrected chi connectivity index (χ0v) is 16.0. The third-order valence-corrected chi connectivity index (χ3v) is 4.52. The van der Waals surface area contributed by atoms with Crippen LogP contribution in [-0.2, 0) is 4.84 Å². The highest BCUT2D eigenvalue weighted by Crippen LogP contribution is 2.20. The molecule has 0 spiro atoms. The summed E-state index contributed by atoms with van der Waals surface area (Å²) >= 11 is 0. The van der Waals surface area contributed by atoms with Crippen LogP contribution >= 0.6 is 0 Å². The highest BCUT2D eigenvalue weighted by atomic mass is 16.7. The van der Waals surface area contributed by atoms with Gasteiger partial charge in [0, 0.05) is 6.54 Å². The minimum atomic E-state index is -0.158. The summed E-state index contributed by atoms with van der Waals surface area (Å²) in [5.74, 6) is 0.212. The number of anilines is 1. The molecule has 0 bridgehead atoms. The Morgan fingerprint density at radius 2 is 1.97 bits per heavy atom. The van der Waals surface area contributed by atoms with Gasteiger partial charge in [0.1, 0.15) is 6.33 Å². The lowest BCUT2D eigenvalue weighted by atomic mass is 10.1. The fraction of sp³-hybridized carbons (Fsp3) is 0.333. The molecule has 29 heavy (non-hydrogen) atoms. The molecule has 1 aliphatic rings. The van der Waals surface area contributed by atoms with Crippen molar-refractivity contribution in [3.63, 3.8) is 0 Å². The van der Waals surface area contributed by atoms with Crippen molar-refractivity contribution < 1.29 is 14.4 Å². The van der Waals surface area contributed by atoms with Crippen LogP contribution in [0, 0.1) is 0 Å². The number of benzene rings is 1. The number of rotatable bonds is 4. The van der Waals surface area contributed by atoms with E-state index in [1.54, 1.807) is 28.4 Å². The molecule has 11 nitrogen and oxygen atoms in total. The lowest BCUT2D eigenvalue weighted by molar-refractivity contribution is 0.0596. The second kappa shape index (κ2) is 8.19. The van der Waals surface area contributed by atoms with Crippen LogP contribution in [-0.4, -0.2) is 73.6 Å². The zero-order valence-electron chi connectivity index (χ0n) is 16.0. The van der Waals surface area contributed by atoms with Crippen molar-refractivity contribution in [3.8, 4) is 11.7 Å². The second-order valence-corrected chi connectivity index (χ2v) is 6.35. The Kier molecular flexibility index (Phi) is 5.29. The maximum absolute atomic E-state index is 13.3. The van der Waals surface area contributed by atoms with E-state index < -0.39 is 0 Å². The topological polar surface area (TPSA) is 111 Å². The Morgan fingerprint density at radius 1 is 1.17 bits per heavy atom. The fourth-order valence-electron chi connectivity index (χ4n) is 3.05. The largest absolute Gasteiger partial charge is 0.467 e. The molecule has 3 aromatic rings. The molecular weight excluding hydrogens is 376 g/mol. The number of ether oxygens (including phenoxy) is 1. The van der Waals surface area contributed by atoms with Gasteiger partial charge in [-0.15, -0.1) is 0 Å². The van der Waals surface area contributed by atoms with Gasteiger partial charge >= 0.3 is 6.01 Å². The quantitative estimate of drug-likeness (QED) is 0.630. The summed E-state index contributed by atoms with van der Waals surface area (Å²) in [5, 5.41) is 9.85. The van der Waals surface area contributed by atoms with Crippen molar-refractivity contribution in [3.05, 3.63) is 48.5 Å². The SMILES string of the molecule is COc1ncnc(N2CCN(C(=O)c3ccccc3-n3nccn3)[C@H](C)CO2)n1. The molecule has 4 rings (SSSR count). The van der Waals surface area contributed by atoms with Gasteiger partial charge in [-0.1, -0.05) is 12.1 Å². The maximum Gasteiger partial charge on any atom is 0.320 e. The lowest BCUT2D eigenvalue weighted by Crippen LogP contribution is -2.41. The number of carbonyl (C=O) groups excluding carboxylic acids is 1. The molecule has 1 fully saturated rings. The minimum Gasteiger partial charge on any atom is -0.467 e. The normalized spacial score (nSPS) is 17.1. The first-order valence-corrected chi connectivity index (χ1v) is 9.07. The molecule has 0 unspecified atom stereocenters. The molecule has 150 valence electrons. The third kappa shape index (κ3) is 3.85. The van der Waals surface area contributed by atoms with E-state index in [0.29, 0.717) is 36.9 Å². The third-order valence-electron chi connectivity index (χ3n) is 4.52. The predicted molar refractivity (Wildman–Crippen MR) is 102 cm³/mol. The standard InChI is InChI=1S/C18H20N8O3/c1-13-11-29-25(17-19-12-20-18(23-17)28-2)10-9-24(13)16(27)14-5-3-4-6-15(14)26-21-7-8-22-26/h3-8,12-13H,9-11H2,1-2H3/t13-/m1/s1. The van der Waals surface area contributed by atoms with Crippen molar-refractivity contribution in [2.24, 2.45) is 0 Å². The summed E-state index contributed by atoms with van der Waals surface area (Å²) < 4.78 is 5.04. The van der Waals surface area contributed by atoms with Crippen LogP contribution in [0.3, 0.4) is 0 Å². The van der Waals surface area contributed by atoms with Crippen LogP contribution in [0.25, 0.3) is 5.69 Å². The van der Waals surface area contributed by atoms with E-state index in [9.17, 15) is 4.79 Å². The average Bonchev–Trinajstić information content (AvgIpc) is 3.23. The van der Waals surface area contributed by atoms with Crippen LogP contribution in [0.4, 0.5) is 5.95 Å². The van der Waals surface area contributed by atoms with Gasteiger partial charge in [0.15, 0.2) is 0 Å². The van der Waals surface area contributed by atoms with Crippen LogP contribution in [0.2, 0.25) is 0 Å². The monoisotopic (exact) mass is 396 g/mol. The number of nitrogens with zero attached hydrogens (tertiary/aromatic N) is 8. The second-order valence-electron chi connectivity index (χ2n) is 6.35. The summed E-state index contributed by atoms with van der Waals surface area (Å²) in [5.41, 5.74) is 1.14. The maximum atomic E-state index is 13.3. The van der Waals surface area contributed by atoms with Crippen molar-refractivity contribution in [1.82, 2.24) is 34.8 Å². The van der Waals surface area contributed by atoms with E-state index in [1.807, 2.05) is 25.1 Å². The Hall–Kier alpha value is -3.60. The van der Waals surface area contributed by atoms with Crippen molar-refractivity contribution in [2.75, 3.05) is 31.9 Å². The number of carbonyl (C=O) groups is 1. The molecule has 2 aromatic heterocycles.